The fraction of sp³-hybridized carbons (Fsp3) is 0.438. The quantitative estimate of drug-likeness (QED) is 0.701. The van der Waals surface area contributed by atoms with Gasteiger partial charge >= 0.3 is 0 Å². The van der Waals surface area contributed by atoms with Crippen molar-refractivity contribution in [3.63, 3.8) is 0 Å². The molecular formula is C16H20F2N2O2S. The first kappa shape index (κ1) is 17.7. The van der Waals surface area contributed by atoms with Gasteiger partial charge in [0.15, 0.2) is 0 Å². The van der Waals surface area contributed by atoms with E-state index in [1.165, 1.54) is 0 Å². The minimum Gasteiger partial charge on any atom is -0.477 e. The smallest absolute Gasteiger partial charge is 0.284 e. The molecule has 0 unspecified atom stereocenters. The summed E-state index contributed by atoms with van der Waals surface area (Å²) in [6, 6.07) is 7.35. The Morgan fingerprint density at radius 1 is 1.26 bits per heavy atom. The summed E-state index contributed by atoms with van der Waals surface area (Å²) in [5.41, 5.74) is 0.973. The number of pyridine rings is 1. The van der Waals surface area contributed by atoms with Gasteiger partial charge in [0.1, 0.15) is 11.5 Å². The van der Waals surface area contributed by atoms with E-state index in [2.05, 4.69) is 10.3 Å². The Hall–Kier alpha value is -1.60. The minimum absolute atomic E-state index is 0.176. The van der Waals surface area contributed by atoms with Crippen LogP contribution >= 0.6 is 11.8 Å². The molecule has 0 aliphatic rings. The summed E-state index contributed by atoms with van der Waals surface area (Å²) in [6.07, 6.45) is 2.63. The van der Waals surface area contributed by atoms with Gasteiger partial charge in [-0.1, -0.05) is 24.8 Å². The molecule has 0 saturated carbocycles. The number of halogens is 2. The number of hydrogen-bond donors (Lipinski definition) is 1. The Morgan fingerprint density at radius 2 is 2.09 bits per heavy atom. The highest BCUT2D eigenvalue weighted by Gasteiger charge is 2.08. The zero-order valence-corrected chi connectivity index (χ0v) is 13.7. The maximum atomic E-state index is 12.1. The summed E-state index contributed by atoms with van der Waals surface area (Å²) in [7, 11) is 0. The second kappa shape index (κ2) is 9.52. The number of rotatable bonds is 10. The molecule has 0 atom stereocenters. The van der Waals surface area contributed by atoms with E-state index in [0.717, 1.165) is 17.7 Å². The number of thioether (sulfide) groups is 1. The Kier molecular flexibility index (Phi) is 7.35. The molecule has 0 aliphatic heterocycles. The molecule has 23 heavy (non-hydrogen) atoms. The van der Waals surface area contributed by atoms with Gasteiger partial charge in [0, 0.05) is 18.3 Å². The number of hydrogen-bond acceptors (Lipinski definition) is 5. The van der Waals surface area contributed by atoms with Gasteiger partial charge in [0.2, 0.25) is 5.88 Å². The lowest BCUT2D eigenvalue weighted by Crippen LogP contribution is -2.14. The second-order valence-electron chi connectivity index (χ2n) is 4.86. The summed E-state index contributed by atoms with van der Waals surface area (Å²) >= 11 is 0.556. The van der Waals surface area contributed by atoms with Crippen molar-refractivity contribution in [3.05, 3.63) is 47.5 Å². The zero-order chi connectivity index (χ0) is 16.5. The van der Waals surface area contributed by atoms with Crippen molar-refractivity contribution in [1.29, 1.82) is 0 Å². The van der Waals surface area contributed by atoms with E-state index < -0.39 is 5.76 Å². The number of ether oxygens (including phenoxy) is 1. The standard InChI is InChI=1S/C16H20F2N2O2S/c1-2-8-21-15-12(4-3-7-20-15)9-19-10-13-5-6-14(22-13)11-23-16(17)18/h3-7,16,19H,2,8-11H2,1H3. The lowest BCUT2D eigenvalue weighted by molar-refractivity contribution is 0.251. The van der Waals surface area contributed by atoms with Crippen molar-refractivity contribution in [1.82, 2.24) is 10.3 Å². The lowest BCUT2D eigenvalue weighted by Gasteiger charge is -2.09. The van der Waals surface area contributed by atoms with Gasteiger partial charge in [0.05, 0.1) is 18.9 Å². The van der Waals surface area contributed by atoms with Crippen molar-refractivity contribution in [3.8, 4) is 5.88 Å². The monoisotopic (exact) mass is 342 g/mol. The summed E-state index contributed by atoms with van der Waals surface area (Å²) in [5, 5.41) is 3.24. The van der Waals surface area contributed by atoms with Crippen LogP contribution in [0.5, 0.6) is 5.88 Å². The highest BCUT2D eigenvalue weighted by molar-refractivity contribution is 7.98. The van der Waals surface area contributed by atoms with Crippen LogP contribution in [0.15, 0.2) is 34.9 Å². The van der Waals surface area contributed by atoms with E-state index in [1.54, 1.807) is 18.3 Å². The maximum absolute atomic E-state index is 12.1. The van der Waals surface area contributed by atoms with E-state index in [-0.39, 0.29) is 5.75 Å². The molecule has 2 heterocycles. The van der Waals surface area contributed by atoms with Crippen LogP contribution in [-0.2, 0) is 18.8 Å². The van der Waals surface area contributed by atoms with Gasteiger partial charge in [-0.25, -0.2) is 4.98 Å². The molecule has 2 aromatic heterocycles. The SMILES string of the molecule is CCCOc1ncccc1CNCc1ccc(CSC(F)F)o1. The van der Waals surface area contributed by atoms with E-state index in [1.807, 2.05) is 19.1 Å². The van der Waals surface area contributed by atoms with Gasteiger partial charge in [-0.15, -0.1) is 0 Å². The van der Waals surface area contributed by atoms with E-state index >= 15 is 0 Å². The number of nitrogens with zero attached hydrogens (tertiary/aromatic N) is 1. The third-order valence-electron chi connectivity index (χ3n) is 2.98. The molecule has 0 radical (unpaired) electrons. The molecule has 0 bridgehead atoms. The topological polar surface area (TPSA) is 47.3 Å². The van der Waals surface area contributed by atoms with E-state index in [4.69, 9.17) is 9.15 Å². The van der Waals surface area contributed by atoms with Crippen LogP contribution in [0.25, 0.3) is 0 Å². The van der Waals surface area contributed by atoms with Gasteiger partial charge in [0.25, 0.3) is 5.76 Å². The first-order valence-electron chi connectivity index (χ1n) is 7.43. The van der Waals surface area contributed by atoms with Gasteiger partial charge in [-0.2, -0.15) is 8.78 Å². The van der Waals surface area contributed by atoms with Crippen LogP contribution in [0, 0.1) is 0 Å². The molecule has 0 fully saturated rings. The van der Waals surface area contributed by atoms with Crippen LogP contribution in [0.1, 0.15) is 30.4 Å². The Labute approximate surface area is 138 Å². The third-order valence-corrected chi connectivity index (χ3v) is 3.68. The predicted molar refractivity (Wildman–Crippen MR) is 86.6 cm³/mol. The Balaban J connectivity index is 1.81. The van der Waals surface area contributed by atoms with Gasteiger partial charge < -0.3 is 14.5 Å². The highest BCUT2D eigenvalue weighted by atomic mass is 32.2. The van der Waals surface area contributed by atoms with Crippen molar-refractivity contribution < 1.29 is 17.9 Å². The summed E-state index contributed by atoms with van der Waals surface area (Å²) in [4.78, 5) is 4.23. The van der Waals surface area contributed by atoms with E-state index in [9.17, 15) is 8.78 Å². The first-order valence-corrected chi connectivity index (χ1v) is 8.48. The molecule has 4 nitrogen and oxygen atoms in total. The van der Waals surface area contributed by atoms with Gasteiger partial charge in [-0.3, -0.25) is 0 Å². The normalized spacial score (nSPS) is 11.1. The zero-order valence-electron chi connectivity index (χ0n) is 12.9. The largest absolute Gasteiger partial charge is 0.477 e. The summed E-state index contributed by atoms with van der Waals surface area (Å²) < 4.78 is 35.4. The first-order chi connectivity index (χ1) is 11.2. The Morgan fingerprint density at radius 3 is 2.87 bits per heavy atom. The molecule has 126 valence electrons. The molecule has 0 aromatic carbocycles. The average molecular weight is 342 g/mol. The Bertz CT molecular complexity index is 593. The molecule has 0 spiro atoms. The minimum atomic E-state index is -2.38. The predicted octanol–water partition coefficient (Wildman–Crippen LogP) is 4.21. The average Bonchev–Trinajstić information content (AvgIpc) is 3.00. The van der Waals surface area contributed by atoms with Crippen molar-refractivity contribution in [2.75, 3.05) is 6.61 Å². The lowest BCUT2D eigenvalue weighted by atomic mass is 10.2. The number of nitrogens with one attached hydrogen (secondary N) is 1. The molecule has 0 saturated heterocycles. The van der Waals surface area contributed by atoms with Crippen molar-refractivity contribution in [2.45, 2.75) is 37.9 Å². The van der Waals surface area contributed by atoms with Crippen molar-refractivity contribution in [2.24, 2.45) is 0 Å². The third kappa shape index (κ3) is 6.19. The van der Waals surface area contributed by atoms with Crippen LogP contribution in [0.2, 0.25) is 0 Å². The molecule has 2 aromatic rings. The van der Waals surface area contributed by atoms with Gasteiger partial charge in [-0.05, 0) is 24.6 Å². The molecule has 7 heteroatoms. The summed E-state index contributed by atoms with van der Waals surface area (Å²) in [6.45, 7) is 3.78. The van der Waals surface area contributed by atoms with Crippen molar-refractivity contribution >= 4 is 11.8 Å². The number of aromatic nitrogens is 1. The molecular weight excluding hydrogens is 322 g/mol. The van der Waals surface area contributed by atoms with Crippen LogP contribution < -0.4 is 10.1 Å². The number of furan rings is 1. The maximum Gasteiger partial charge on any atom is 0.284 e. The molecule has 2 rings (SSSR count). The molecule has 0 aliphatic carbocycles. The van der Waals surface area contributed by atoms with Crippen LogP contribution in [-0.4, -0.2) is 17.3 Å². The fourth-order valence-corrected chi connectivity index (χ4v) is 2.39. The summed E-state index contributed by atoms with van der Waals surface area (Å²) in [5.74, 6) is -0.297. The van der Waals surface area contributed by atoms with Crippen LogP contribution in [0.3, 0.4) is 0 Å². The second-order valence-corrected chi connectivity index (χ2v) is 5.84. The molecule has 0 amide bonds. The highest BCUT2D eigenvalue weighted by Crippen LogP contribution is 2.21. The fourth-order valence-electron chi connectivity index (χ4n) is 1.95. The van der Waals surface area contributed by atoms with Crippen LogP contribution in [0.4, 0.5) is 8.78 Å². The van der Waals surface area contributed by atoms with E-state index in [0.29, 0.717) is 43.1 Å². The number of alkyl halides is 2. The molecule has 1 N–H and O–H groups in total.